The molecule has 1 fully saturated rings. The molecule has 1 aliphatic heterocycles. The lowest BCUT2D eigenvalue weighted by atomic mass is 9.83. The topological polar surface area (TPSA) is 44.5 Å². The average molecular weight is 173 g/mol. The van der Waals surface area contributed by atoms with E-state index >= 15 is 0 Å². The fourth-order valence-electron chi connectivity index (χ4n) is 1.93. The summed E-state index contributed by atoms with van der Waals surface area (Å²) in [6.07, 6.45) is 1.76. The van der Waals surface area contributed by atoms with Gasteiger partial charge in [0.2, 0.25) is 0 Å². The van der Waals surface area contributed by atoms with Crippen LogP contribution in [0.5, 0.6) is 0 Å². The van der Waals surface area contributed by atoms with Gasteiger partial charge in [-0.05, 0) is 26.7 Å². The summed E-state index contributed by atoms with van der Waals surface area (Å²) in [5.41, 5.74) is 5.86. The molecular formula is C9H19NO2. The molecule has 3 nitrogen and oxygen atoms in total. The van der Waals surface area contributed by atoms with Gasteiger partial charge in [-0.15, -0.1) is 0 Å². The molecule has 3 heteroatoms. The van der Waals surface area contributed by atoms with E-state index < -0.39 is 0 Å². The van der Waals surface area contributed by atoms with Crippen molar-refractivity contribution in [3.05, 3.63) is 0 Å². The van der Waals surface area contributed by atoms with E-state index in [0.29, 0.717) is 6.61 Å². The highest BCUT2D eigenvalue weighted by atomic mass is 16.5. The van der Waals surface area contributed by atoms with Crippen LogP contribution in [0.3, 0.4) is 0 Å². The Balaban J connectivity index is 2.55. The first kappa shape index (κ1) is 9.96. The summed E-state index contributed by atoms with van der Waals surface area (Å²) in [7, 11) is 1.69. The summed E-state index contributed by atoms with van der Waals surface area (Å²) in [5, 5.41) is 0. The van der Waals surface area contributed by atoms with Gasteiger partial charge in [0.25, 0.3) is 0 Å². The quantitative estimate of drug-likeness (QED) is 0.675. The maximum atomic E-state index is 6.14. The smallest absolute Gasteiger partial charge is 0.0644 e. The molecule has 0 aromatic carbocycles. The van der Waals surface area contributed by atoms with Crippen LogP contribution in [0.25, 0.3) is 0 Å². The molecule has 1 atom stereocenters. The lowest BCUT2D eigenvalue weighted by molar-refractivity contribution is -0.0918. The highest BCUT2D eigenvalue weighted by molar-refractivity contribution is 4.94. The predicted molar refractivity (Wildman–Crippen MR) is 48.1 cm³/mol. The maximum Gasteiger partial charge on any atom is 0.0644 e. The van der Waals surface area contributed by atoms with Crippen LogP contribution in [0.2, 0.25) is 0 Å². The van der Waals surface area contributed by atoms with Crippen LogP contribution in [0.1, 0.15) is 26.7 Å². The van der Waals surface area contributed by atoms with E-state index in [1.54, 1.807) is 7.11 Å². The van der Waals surface area contributed by atoms with Crippen LogP contribution in [0.15, 0.2) is 0 Å². The van der Waals surface area contributed by atoms with E-state index in [1.807, 2.05) is 0 Å². The SMILES string of the molecule is COCC1(N)CCOC(C)(C)C1. The summed E-state index contributed by atoms with van der Waals surface area (Å²) in [4.78, 5) is 0. The van der Waals surface area contributed by atoms with E-state index in [-0.39, 0.29) is 11.1 Å². The Kier molecular flexibility index (Phi) is 2.76. The molecule has 12 heavy (non-hydrogen) atoms. The molecule has 2 N–H and O–H groups in total. The third kappa shape index (κ3) is 2.44. The zero-order valence-corrected chi connectivity index (χ0v) is 8.22. The van der Waals surface area contributed by atoms with Gasteiger partial charge < -0.3 is 15.2 Å². The van der Waals surface area contributed by atoms with Crippen molar-refractivity contribution in [3.63, 3.8) is 0 Å². The van der Waals surface area contributed by atoms with Crippen LogP contribution in [0, 0.1) is 0 Å². The van der Waals surface area contributed by atoms with Gasteiger partial charge in [-0.2, -0.15) is 0 Å². The fraction of sp³-hybridized carbons (Fsp3) is 1.00. The molecule has 0 radical (unpaired) electrons. The molecule has 1 unspecified atom stereocenters. The predicted octanol–water partition coefficient (Wildman–Crippen LogP) is 0.919. The van der Waals surface area contributed by atoms with Crippen molar-refractivity contribution < 1.29 is 9.47 Å². The molecular weight excluding hydrogens is 154 g/mol. The van der Waals surface area contributed by atoms with Crippen molar-refractivity contribution >= 4 is 0 Å². The Bertz CT molecular complexity index is 155. The average Bonchev–Trinajstić information content (AvgIpc) is 1.83. The summed E-state index contributed by atoms with van der Waals surface area (Å²) < 4.78 is 10.7. The van der Waals surface area contributed by atoms with E-state index in [9.17, 15) is 0 Å². The minimum absolute atomic E-state index is 0.0917. The Morgan fingerprint density at radius 2 is 2.17 bits per heavy atom. The van der Waals surface area contributed by atoms with Crippen molar-refractivity contribution in [2.45, 2.75) is 37.8 Å². The maximum absolute atomic E-state index is 6.14. The highest BCUT2D eigenvalue weighted by Gasteiger charge is 2.37. The number of hydrogen-bond donors (Lipinski definition) is 1. The third-order valence-corrected chi connectivity index (χ3v) is 2.30. The zero-order chi connectivity index (χ0) is 9.24. The number of methoxy groups -OCH3 is 1. The number of ether oxygens (including phenoxy) is 2. The van der Waals surface area contributed by atoms with Gasteiger partial charge in [-0.1, -0.05) is 0 Å². The minimum Gasteiger partial charge on any atom is -0.383 e. The molecule has 0 spiro atoms. The van der Waals surface area contributed by atoms with Gasteiger partial charge in [-0.25, -0.2) is 0 Å². The first-order valence-corrected chi connectivity index (χ1v) is 4.39. The van der Waals surface area contributed by atoms with Crippen molar-refractivity contribution in [2.75, 3.05) is 20.3 Å². The lowest BCUT2D eigenvalue weighted by Crippen LogP contribution is -2.54. The molecule has 0 amide bonds. The van der Waals surface area contributed by atoms with Gasteiger partial charge in [0.05, 0.1) is 12.2 Å². The monoisotopic (exact) mass is 173 g/mol. The Morgan fingerprint density at radius 3 is 2.67 bits per heavy atom. The molecule has 1 rings (SSSR count). The molecule has 0 aromatic heterocycles. The lowest BCUT2D eigenvalue weighted by Gasteiger charge is -2.42. The minimum atomic E-state index is -0.184. The largest absolute Gasteiger partial charge is 0.383 e. The van der Waals surface area contributed by atoms with E-state index in [1.165, 1.54) is 0 Å². The van der Waals surface area contributed by atoms with Gasteiger partial charge >= 0.3 is 0 Å². The first-order valence-electron chi connectivity index (χ1n) is 4.39. The zero-order valence-electron chi connectivity index (χ0n) is 8.22. The van der Waals surface area contributed by atoms with E-state index in [2.05, 4.69) is 13.8 Å². The second kappa shape index (κ2) is 3.32. The van der Waals surface area contributed by atoms with Gasteiger partial charge in [0.15, 0.2) is 0 Å². The standard InChI is InChI=1S/C9H19NO2/c1-8(2)6-9(10,7-11-3)4-5-12-8/h4-7,10H2,1-3H3. The number of rotatable bonds is 2. The van der Waals surface area contributed by atoms with Crippen LogP contribution >= 0.6 is 0 Å². The van der Waals surface area contributed by atoms with Crippen LogP contribution in [-0.2, 0) is 9.47 Å². The Morgan fingerprint density at radius 1 is 1.50 bits per heavy atom. The Hall–Kier alpha value is -0.120. The van der Waals surface area contributed by atoms with Crippen molar-refractivity contribution in [1.82, 2.24) is 0 Å². The van der Waals surface area contributed by atoms with Gasteiger partial charge in [-0.3, -0.25) is 0 Å². The number of hydrogen-bond acceptors (Lipinski definition) is 3. The molecule has 72 valence electrons. The second-order valence-electron chi connectivity index (χ2n) is 4.33. The molecule has 0 bridgehead atoms. The number of nitrogens with two attached hydrogens (primary N) is 1. The van der Waals surface area contributed by atoms with Crippen LogP contribution in [-0.4, -0.2) is 31.5 Å². The molecule has 0 aliphatic carbocycles. The molecule has 0 saturated carbocycles. The summed E-state index contributed by atoms with van der Waals surface area (Å²) in [6.45, 7) is 5.51. The molecule has 0 aromatic rings. The Labute approximate surface area is 74.2 Å². The summed E-state index contributed by atoms with van der Waals surface area (Å²) in [6, 6.07) is 0. The first-order chi connectivity index (χ1) is 5.47. The van der Waals surface area contributed by atoms with E-state index in [0.717, 1.165) is 19.4 Å². The van der Waals surface area contributed by atoms with Crippen molar-refractivity contribution in [3.8, 4) is 0 Å². The van der Waals surface area contributed by atoms with Gasteiger partial charge in [0.1, 0.15) is 0 Å². The molecule has 1 heterocycles. The molecule has 1 saturated heterocycles. The fourth-order valence-corrected chi connectivity index (χ4v) is 1.93. The normalized spacial score (nSPS) is 35.0. The third-order valence-electron chi connectivity index (χ3n) is 2.30. The van der Waals surface area contributed by atoms with Crippen LogP contribution < -0.4 is 5.73 Å². The van der Waals surface area contributed by atoms with Crippen molar-refractivity contribution in [2.24, 2.45) is 5.73 Å². The van der Waals surface area contributed by atoms with Crippen LogP contribution in [0.4, 0.5) is 0 Å². The van der Waals surface area contributed by atoms with Gasteiger partial charge in [0, 0.05) is 19.3 Å². The summed E-state index contributed by atoms with van der Waals surface area (Å²) in [5.74, 6) is 0. The van der Waals surface area contributed by atoms with E-state index in [4.69, 9.17) is 15.2 Å². The van der Waals surface area contributed by atoms with Crippen molar-refractivity contribution in [1.29, 1.82) is 0 Å². The second-order valence-corrected chi connectivity index (χ2v) is 4.33. The summed E-state index contributed by atoms with van der Waals surface area (Å²) >= 11 is 0. The highest BCUT2D eigenvalue weighted by Crippen LogP contribution is 2.30. The molecule has 1 aliphatic rings.